The third-order valence-corrected chi connectivity index (χ3v) is 1.74. The van der Waals surface area contributed by atoms with Gasteiger partial charge >= 0.3 is 0 Å². The minimum atomic E-state index is 1.10. The van der Waals surface area contributed by atoms with Crippen molar-refractivity contribution in [1.29, 1.82) is 0 Å². The quantitative estimate of drug-likeness (QED) is 0.609. The van der Waals surface area contributed by atoms with E-state index >= 15 is 0 Å². The molecule has 0 amide bonds. The lowest BCUT2D eigenvalue weighted by Crippen LogP contribution is -1.57. The lowest BCUT2D eigenvalue weighted by molar-refractivity contribution is 1.22. The molecule has 0 N–H and O–H groups in total. The standard InChI is InChI=1S/C9H13Br/c1-3-5-6-7-8-9(10)4-2/h4-8H,3H2,1-2H3/b6-5-,8-7-,9-4+. The first kappa shape index (κ1) is 9.70. The fraction of sp³-hybridized carbons (Fsp3) is 0.333. The molecule has 10 heavy (non-hydrogen) atoms. The summed E-state index contributed by atoms with van der Waals surface area (Å²) in [6.07, 6.45) is 11.3. The van der Waals surface area contributed by atoms with E-state index in [4.69, 9.17) is 0 Å². The van der Waals surface area contributed by atoms with Gasteiger partial charge in [-0.2, -0.15) is 0 Å². The van der Waals surface area contributed by atoms with E-state index in [0.29, 0.717) is 0 Å². The van der Waals surface area contributed by atoms with Crippen LogP contribution in [0.25, 0.3) is 0 Å². The Morgan fingerprint density at radius 2 is 2.10 bits per heavy atom. The van der Waals surface area contributed by atoms with Crippen LogP contribution in [0.5, 0.6) is 0 Å². The van der Waals surface area contributed by atoms with Crippen molar-refractivity contribution >= 4 is 15.9 Å². The van der Waals surface area contributed by atoms with Crippen LogP contribution in [-0.4, -0.2) is 0 Å². The number of rotatable bonds is 3. The summed E-state index contributed by atoms with van der Waals surface area (Å²) in [5, 5.41) is 0. The molecule has 0 bridgehead atoms. The van der Waals surface area contributed by atoms with E-state index in [-0.39, 0.29) is 0 Å². The van der Waals surface area contributed by atoms with Crippen molar-refractivity contribution in [2.24, 2.45) is 0 Å². The minimum absolute atomic E-state index is 1.10. The van der Waals surface area contributed by atoms with E-state index in [1.807, 2.05) is 31.2 Å². The molecule has 1 heteroatoms. The highest BCUT2D eigenvalue weighted by Crippen LogP contribution is 2.04. The van der Waals surface area contributed by atoms with Crippen molar-refractivity contribution in [2.45, 2.75) is 20.3 Å². The SMILES string of the molecule is C\C=C(Br)/C=C\C=C/CC. The predicted octanol–water partition coefficient (Wildman–Crippen LogP) is 3.81. The Morgan fingerprint density at radius 3 is 2.60 bits per heavy atom. The predicted molar refractivity (Wildman–Crippen MR) is 51.3 cm³/mol. The smallest absolute Gasteiger partial charge is 0.0132 e. The molecule has 0 atom stereocenters. The molecule has 0 aromatic carbocycles. The molecule has 0 unspecified atom stereocenters. The number of hydrogen-bond donors (Lipinski definition) is 0. The molecule has 0 aliphatic rings. The van der Waals surface area contributed by atoms with Gasteiger partial charge in [-0.3, -0.25) is 0 Å². The van der Waals surface area contributed by atoms with Crippen LogP contribution < -0.4 is 0 Å². The summed E-state index contributed by atoms with van der Waals surface area (Å²) >= 11 is 3.37. The first-order chi connectivity index (χ1) is 4.81. The van der Waals surface area contributed by atoms with Gasteiger partial charge in [-0.05, 0) is 19.4 Å². The summed E-state index contributed by atoms with van der Waals surface area (Å²) in [6, 6.07) is 0. The van der Waals surface area contributed by atoms with Crippen molar-refractivity contribution in [3.63, 3.8) is 0 Å². The maximum absolute atomic E-state index is 3.37. The van der Waals surface area contributed by atoms with Gasteiger partial charge in [0.25, 0.3) is 0 Å². The maximum Gasteiger partial charge on any atom is 0.0132 e. The average Bonchev–Trinajstić information content (AvgIpc) is 1.98. The largest absolute Gasteiger partial charge is 0.0848 e. The van der Waals surface area contributed by atoms with E-state index in [1.54, 1.807) is 0 Å². The molecule has 0 aliphatic carbocycles. The van der Waals surface area contributed by atoms with Gasteiger partial charge in [-0.25, -0.2) is 0 Å². The van der Waals surface area contributed by atoms with E-state index in [9.17, 15) is 0 Å². The van der Waals surface area contributed by atoms with E-state index in [1.165, 1.54) is 0 Å². The van der Waals surface area contributed by atoms with Crippen LogP contribution in [0.2, 0.25) is 0 Å². The highest BCUT2D eigenvalue weighted by Gasteiger charge is 1.74. The number of halogens is 1. The highest BCUT2D eigenvalue weighted by atomic mass is 79.9. The second-order valence-corrected chi connectivity index (χ2v) is 2.78. The zero-order valence-electron chi connectivity index (χ0n) is 6.47. The van der Waals surface area contributed by atoms with E-state index in [2.05, 4.69) is 28.9 Å². The summed E-state index contributed by atoms with van der Waals surface area (Å²) in [7, 11) is 0. The fourth-order valence-electron chi connectivity index (χ4n) is 0.458. The molecular weight excluding hydrogens is 188 g/mol. The van der Waals surface area contributed by atoms with Gasteiger partial charge in [0.15, 0.2) is 0 Å². The molecule has 56 valence electrons. The topological polar surface area (TPSA) is 0 Å². The Kier molecular flexibility index (Phi) is 6.61. The highest BCUT2D eigenvalue weighted by molar-refractivity contribution is 9.11. The molecule has 0 rings (SSSR count). The fourth-order valence-corrected chi connectivity index (χ4v) is 0.611. The third-order valence-electron chi connectivity index (χ3n) is 1.01. The van der Waals surface area contributed by atoms with Gasteiger partial charge in [0.2, 0.25) is 0 Å². The lowest BCUT2D eigenvalue weighted by atomic mass is 10.4. The molecule has 0 fully saturated rings. The Labute approximate surface area is 71.5 Å². The van der Waals surface area contributed by atoms with Crippen molar-refractivity contribution in [2.75, 3.05) is 0 Å². The van der Waals surface area contributed by atoms with Crippen LogP contribution in [0, 0.1) is 0 Å². The van der Waals surface area contributed by atoms with Gasteiger partial charge in [-0.1, -0.05) is 47.2 Å². The summed E-state index contributed by atoms with van der Waals surface area (Å²) in [6.45, 7) is 4.12. The molecule has 0 saturated heterocycles. The molecule has 0 aliphatic heterocycles. The monoisotopic (exact) mass is 200 g/mol. The van der Waals surface area contributed by atoms with E-state index < -0.39 is 0 Å². The summed E-state index contributed by atoms with van der Waals surface area (Å²) < 4.78 is 1.12. The maximum atomic E-state index is 3.37. The van der Waals surface area contributed by atoms with Gasteiger partial charge in [0.05, 0.1) is 0 Å². The van der Waals surface area contributed by atoms with Crippen LogP contribution in [0.3, 0.4) is 0 Å². The van der Waals surface area contributed by atoms with Gasteiger partial charge in [0.1, 0.15) is 0 Å². The van der Waals surface area contributed by atoms with Crippen LogP contribution in [0.4, 0.5) is 0 Å². The zero-order chi connectivity index (χ0) is 7.82. The number of allylic oxidation sites excluding steroid dienone is 6. The molecule has 0 aromatic rings. The zero-order valence-corrected chi connectivity index (χ0v) is 8.06. The van der Waals surface area contributed by atoms with Crippen molar-refractivity contribution in [3.05, 3.63) is 34.9 Å². The Bertz CT molecular complexity index is 152. The third kappa shape index (κ3) is 5.83. The van der Waals surface area contributed by atoms with Gasteiger partial charge in [-0.15, -0.1) is 0 Å². The van der Waals surface area contributed by atoms with Crippen LogP contribution in [0.1, 0.15) is 20.3 Å². The van der Waals surface area contributed by atoms with Crippen molar-refractivity contribution in [1.82, 2.24) is 0 Å². The molecule has 0 spiro atoms. The molecular formula is C9H13Br. The second kappa shape index (κ2) is 6.81. The van der Waals surface area contributed by atoms with Crippen LogP contribution in [-0.2, 0) is 0 Å². The van der Waals surface area contributed by atoms with Crippen molar-refractivity contribution in [3.8, 4) is 0 Å². The van der Waals surface area contributed by atoms with Gasteiger partial charge < -0.3 is 0 Å². The summed E-state index contributed by atoms with van der Waals surface area (Å²) in [4.78, 5) is 0. The molecule has 0 heterocycles. The molecule has 0 saturated carbocycles. The van der Waals surface area contributed by atoms with Gasteiger partial charge in [0, 0.05) is 4.48 Å². The first-order valence-corrected chi connectivity index (χ1v) is 4.25. The van der Waals surface area contributed by atoms with Crippen LogP contribution in [0.15, 0.2) is 34.9 Å². The van der Waals surface area contributed by atoms with Crippen LogP contribution >= 0.6 is 15.9 Å². The molecule has 0 radical (unpaired) electrons. The Morgan fingerprint density at radius 1 is 1.40 bits per heavy atom. The molecule has 0 aromatic heterocycles. The number of hydrogen-bond acceptors (Lipinski definition) is 0. The second-order valence-electron chi connectivity index (χ2n) is 1.87. The molecule has 0 nitrogen and oxygen atoms in total. The Hall–Kier alpha value is -0.300. The summed E-state index contributed by atoms with van der Waals surface area (Å²) in [5.41, 5.74) is 0. The summed E-state index contributed by atoms with van der Waals surface area (Å²) in [5.74, 6) is 0. The average molecular weight is 201 g/mol. The normalized spacial score (nSPS) is 13.7. The Balaban J connectivity index is 3.66. The van der Waals surface area contributed by atoms with Crippen molar-refractivity contribution < 1.29 is 0 Å². The van der Waals surface area contributed by atoms with E-state index in [0.717, 1.165) is 10.9 Å². The lowest BCUT2D eigenvalue weighted by Gasteiger charge is -1.81. The first-order valence-electron chi connectivity index (χ1n) is 3.46. The minimum Gasteiger partial charge on any atom is -0.0848 e.